The second-order valence-corrected chi connectivity index (χ2v) is 5.92. The summed E-state index contributed by atoms with van der Waals surface area (Å²) in [5.41, 5.74) is 1.69. The van der Waals surface area contributed by atoms with E-state index in [1.165, 1.54) is 0 Å². The summed E-state index contributed by atoms with van der Waals surface area (Å²) in [6.45, 7) is 0.379. The normalized spacial score (nSPS) is 10.7. The second kappa shape index (κ2) is 7.15. The summed E-state index contributed by atoms with van der Waals surface area (Å²) >= 11 is 1.58. The number of furan rings is 1. The lowest BCUT2D eigenvalue weighted by atomic mass is 10.1. The molecule has 2 aromatic heterocycles. The van der Waals surface area contributed by atoms with E-state index < -0.39 is 0 Å². The number of aromatic nitrogens is 3. The number of aryl methyl sites for hydroxylation is 1. The van der Waals surface area contributed by atoms with Crippen molar-refractivity contribution < 1.29 is 9.21 Å². The summed E-state index contributed by atoms with van der Waals surface area (Å²) in [5.74, 6) is 1.34. The second-order valence-electron chi connectivity index (χ2n) is 4.98. The van der Waals surface area contributed by atoms with Crippen LogP contribution in [0.1, 0.15) is 21.7 Å². The predicted molar refractivity (Wildman–Crippen MR) is 86.9 cm³/mol. The third-order valence-corrected chi connectivity index (χ3v) is 4.34. The molecule has 0 unspecified atom stereocenters. The van der Waals surface area contributed by atoms with E-state index in [0.717, 1.165) is 22.2 Å². The first-order valence-corrected chi connectivity index (χ1v) is 8.07. The number of nitrogens with zero attached hydrogens (tertiary/aromatic N) is 3. The fourth-order valence-electron chi connectivity index (χ4n) is 2.04. The van der Waals surface area contributed by atoms with E-state index in [0.29, 0.717) is 12.1 Å². The number of hydrogen-bond donors (Lipinski definition) is 1. The Morgan fingerprint density at radius 3 is 3.00 bits per heavy atom. The van der Waals surface area contributed by atoms with Gasteiger partial charge in [0.25, 0.3) is 5.91 Å². The minimum absolute atomic E-state index is 0.119. The molecule has 6 nitrogen and oxygen atoms in total. The predicted octanol–water partition coefficient (Wildman–Crippen LogP) is 2.63. The van der Waals surface area contributed by atoms with E-state index in [4.69, 9.17) is 4.42 Å². The van der Waals surface area contributed by atoms with Crippen molar-refractivity contribution in [3.63, 3.8) is 0 Å². The Bertz CT molecular complexity index is 783. The molecular weight excluding hydrogens is 312 g/mol. The molecule has 0 bridgehead atoms. The van der Waals surface area contributed by atoms with Crippen LogP contribution in [0.3, 0.4) is 0 Å². The van der Waals surface area contributed by atoms with Crippen molar-refractivity contribution in [1.82, 2.24) is 20.1 Å². The van der Waals surface area contributed by atoms with Crippen LogP contribution in [-0.4, -0.2) is 20.7 Å². The number of benzene rings is 1. The molecule has 1 aromatic carbocycles. The van der Waals surface area contributed by atoms with E-state index in [9.17, 15) is 4.79 Å². The summed E-state index contributed by atoms with van der Waals surface area (Å²) in [6.07, 6.45) is 3.26. The standard InChI is InChI=1S/C16H16N4O2S/c1-20-11-18-19-16(20)23-10-12-4-2-5-13(8-12)15(21)17-9-14-6-3-7-22-14/h2-8,11H,9-10H2,1H3,(H,17,21). The van der Waals surface area contributed by atoms with Crippen molar-refractivity contribution in [2.24, 2.45) is 7.05 Å². The SMILES string of the molecule is Cn1cnnc1SCc1cccc(C(=O)NCc2ccco2)c1. The Labute approximate surface area is 137 Å². The summed E-state index contributed by atoms with van der Waals surface area (Å²) in [4.78, 5) is 12.2. The number of thioether (sulfide) groups is 1. The zero-order valence-corrected chi connectivity index (χ0v) is 13.4. The van der Waals surface area contributed by atoms with E-state index in [1.54, 1.807) is 36.5 Å². The highest BCUT2D eigenvalue weighted by atomic mass is 32.2. The molecule has 0 aliphatic heterocycles. The molecule has 0 radical (unpaired) electrons. The number of hydrogen-bond acceptors (Lipinski definition) is 5. The van der Waals surface area contributed by atoms with Crippen LogP contribution >= 0.6 is 11.8 Å². The van der Waals surface area contributed by atoms with Gasteiger partial charge in [0.2, 0.25) is 0 Å². The van der Waals surface area contributed by atoms with Crippen LogP contribution in [0.4, 0.5) is 0 Å². The van der Waals surface area contributed by atoms with Crippen molar-refractivity contribution in [1.29, 1.82) is 0 Å². The Hall–Kier alpha value is -2.54. The number of nitrogens with one attached hydrogen (secondary N) is 1. The van der Waals surface area contributed by atoms with Crippen molar-refractivity contribution in [2.75, 3.05) is 0 Å². The summed E-state index contributed by atoms with van der Waals surface area (Å²) in [7, 11) is 1.90. The third-order valence-electron chi connectivity index (χ3n) is 3.23. The van der Waals surface area contributed by atoms with Crippen LogP contribution < -0.4 is 5.32 Å². The molecule has 23 heavy (non-hydrogen) atoms. The molecule has 1 N–H and O–H groups in total. The molecule has 3 aromatic rings. The highest BCUT2D eigenvalue weighted by Crippen LogP contribution is 2.20. The first-order valence-electron chi connectivity index (χ1n) is 7.08. The smallest absolute Gasteiger partial charge is 0.251 e. The van der Waals surface area contributed by atoms with Crippen molar-refractivity contribution >= 4 is 17.7 Å². The quantitative estimate of drug-likeness (QED) is 0.704. The maximum atomic E-state index is 12.2. The van der Waals surface area contributed by atoms with Gasteiger partial charge in [-0.15, -0.1) is 10.2 Å². The third kappa shape index (κ3) is 4.01. The van der Waals surface area contributed by atoms with E-state index in [1.807, 2.05) is 35.9 Å². The van der Waals surface area contributed by atoms with Gasteiger partial charge in [-0.1, -0.05) is 23.9 Å². The Morgan fingerprint density at radius 2 is 2.26 bits per heavy atom. The summed E-state index contributed by atoms with van der Waals surface area (Å²) < 4.78 is 7.07. The molecular formula is C16H16N4O2S. The highest BCUT2D eigenvalue weighted by Gasteiger charge is 2.08. The molecule has 2 heterocycles. The largest absolute Gasteiger partial charge is 0.467 e. The van der Waals surface area contributed by atoms with Gasteiger partial charge in [-0.3, -0.25) is 4.79 Å². The zero-order chi connectivity index (χ0) is 16.1. The fourth-order valence-corrected chi connectivity index (χ4v) is 2.87. The minimum atomic E-state index is -0.119. The van der Waals surface area contributed by atoms with Crippen molar-refractivity contribution in [3.8, 4) is 0 Å². The number of carbonyl (C=O) groups is 1. The van der Waals surface area contributed by atoms with Crippen LogP contribution in [0.5, 0.6) is 0 Å². The van der Waals surface area contributed by atoms with Crippen LogP contribution in [0.25, 0.3) is 0 Å². The molecule has 0 saturated heterocycles. The Balaban J connectivity index is 1.60. The van der Waals surface area contributed by atoms with Crippen molar-refractivity contribution in [3.05, 3.63) is 65.9 Å². The van der Waals surface area contributed by atoms with Gasteiger partial charge in [-0.25, -0.2) is 0 Å². The number of carbonyl (C=O) groups excluding carboxylic acids is 1. The topological polar surface area (TPSA) is 73.0 Å². The fraction of sp³-hybridized carbons (Fsp3) is 0.188. The lowest BCUT2D eigenvalue weighted by molar-refractivity contribution is 0.0948. The Morgan fingerprint density at radius 1 is 1.35 bits per heavy atom. The van der Waals surface area contributed by atoms with E-state index in [-0.39, 0.29) is 5.91 Å². The van der Waals surface area contributed by atoms with Gasteiger partial charge in [0.05, 0.1) is 12.8 Å². The average Bonchev–Trinajstić information content (AvgIpc) is 3.22. The van der Waals surface area contributed by atoms with Gasteiger partial charge in [-0.05, 0) is 29.8 Å². The first-order chi connectivity index (χ1) is 11.2. The van der Waals surface area contributed by atoms with Crippen molar-refractivity contribution in [2.45, 2.75) is 17.5 Å². The molecule has 0 fully saturated rings. The molecule has 0 atom stereocenters. The Kier molecular flexibility index (Phi) is 4.77. The molecule has 7 heteroatoms. The maximum Gasteiger partial charge on any atom is 0.251 e. The van der Waals surface area contributed by atoms with Gasteiger partial charge >= 0.3 is 0 Å². The number of rotatable bonds is 6. The van der Waals surface area contributed by atoms with Crippen LogP contribution in [0.15, 0.2) is 58.6 Å². The van der Waals surface area contributed by atoms with Gasteiger partial charge in [-0.2, -0.15) is 0 Å². The molecule has 0 aliphatic carbocycles. The van der Waals surface area contributed by atoms with Crippen LogP contribution in [0, 0.1) is 0 Å². The van der Waals surface area contributed by atoms with Crippen LogP contribution in [0.2, 0.25) is 0 Å². The molecule has 3 rings (SSSR count). The van der Waals surface area contributed by atoms with E-state index in [2.05, 4.69) is 15.5 Å². The minimum Gasteiger partial charge on any atom is -0.467 e. The van der Waals surface area contributed by atoms with Crippen LogP contribution in [-0.2, 0) is 19.3 Å². The van der Waals surface area contributed by atoms with Gasteiger partial charge in [0, 0.05) is 18.4 Å². The van der Waals surface area contributed by atoms with Gasteiger partial charge in [0.1, 0.15) is 12.1 Å². The molecule has 0 spiro atoms. The lowest BCUT2D eigenvalue weighted by Gasteiger charge is -2.06. The molecule has 0 saturated carbocycles. The molecule has 1 amide bonds. The lowest BCUT2D eigenvalue weighted by Crippen LogP contribution is -2.22. The highest BCUT2D eigenvalue weighted by molar-refractivity contribution is 7.98. The van der Waals surface area contributed by atoms with Gasteiger partial charge < -0.3 is 14.3 Å². The first kappa shape index (κ1) is 15.4. The monoisotopic (exact) mass is 328 g/mol. The molecule has 0 aliphatic rings. The maximum absolute atomic E-state index is 12.2. The molecule has 118 valence electrons. The van der Waals surface area contributed by atoms with E-state index >= 15 is 0 Å². The zero-order valence-electron chi connectivity index (χ0n) is 12.6. The summed E-state index contributed by atoms with van der Waals surface area (Å²) in [6, 6.07) is 11.2. The average molecular weight is 328 g/mol. The van der Waals surface area contributed by atoms with Gasteiger partial charge in [0.15, 0.2) is 5.16 Å². The summed E-state index contributed by atoms with van der Waals surface area (Å²) in [5, 5.41) is 11.6. The number of amides is 1.